The summed E-state index contributed by atoms with van der Waals surface area (Å²) < 4.78 is 26.7. The molecule has 0 aliphatic rings. The molecule has 0 heterocycles. The topological polar surface area (TPSA) is 66.4 Å². The second-order valence-electron chi connectivity index (χ2n) is 5.79. The Morgan fingerprint density at radius 3 is 1.46 bits per heavy atom. The van der Waals surface area contributed by atoms with Crippen molar-refractivity contribution in [2.24, 2.45) is 5.92 Å². The Labute approximate surface area is 147 Å². The average Bonchev–Trinajstić information content (AvgIpc) is 2.60. The van der Waals surface area contributed by atoms with E-state index in [0.29, 0.717) is 59.5 Å². The summed E-state index contributed by atoms with van der Waals surface area (Å²) in [6, 6.07) is 0. The Bertz CT molecular complexity index is 228. The van der Waals surface area contributed by atoms with Gasteiger partial charge in [0.05, 0.1) is 66.1 Å². The van der Waals surface area contributed by atoms with Gasteiger partial charge >= 0.3 is 0 Å². The highest BCUT2D eigenvalue weighted by atomic mass is 16.6. The molecule has 24 heavy (non-hydrogen) atoms. The molecule has 1 N–H and O–H groups in total. The lowest BCUT2D eigenvalue weighted by atomic mass is 10.0. The van der Waals surface area contributed by atoms with Gasteiger partial charge in [-0.25, -0.2) is 0 Å². The van der Waals surface area contributed by atoms with Crippen molar-refractivity contribution in [1.82, 2.24) is 0 Å². The minimum Gasteiger partial charge on any atom is -0.394 e. The Hall–Kier alpha value is -0.240. The molecule has 0 rings (SSSR count). The molecule has 146 valence electrons. The SMILES string of the molecule is CCC(C)CCCCOCCOCCOCCOCCOCCO. The summed E-state index contributed by atoms with van der Waals surface area (Å²) in [7, 11) is 0. The second-order valence-corrected chi connectivity index (χ2v) is 5.79. The van der Waals surface area contributed by atoms with Crippen molar-refractivity contribution < 1.29 is 28.8 Å². The fourth-order valence-corrected chi connectivity index (χ4v) is 1.95. The van der Waals surface area contributed by atoms with Crippen LogP contribution in [0.4, 0.5) is 0 Å². The summed E-state index contributed by atoms with van der Waals surface area (Å²) in [5, 5.41) is 8.51. The fourth-order valence-electron chi connectivity index (χ4n) is 1.95. The summed E-state index contributed by atoms with van der Waals surface area (Å²) in [4.78, 5) is 0. The number of hydrogen-bond acceptors (Lipinski definition) is 6. The van der Waals surface area contributed by atoms with Gasteiger partial charge in [-0.3, -0.25) is 0 Å². The third-order valence-electron chi connectivity index (χ3n) is 3.66. The van der Waals surface area contributed by atoms with E-state index in [1.165, 1.54) is 19.3 Å². The summed E-state index contributed by atoms with van der Waals surface area (Å²) in [6.07, 6.45) is 4.95. The summed E-state index contributed by atoms with van der Waals surface area (Å²) in [6.45, 7) is 10.3. The van der Waals surface area contributed by atoms with Gasteiger partial charge in [-0.15, -0.1) is 0 Å². The lowest BCUT2D eigenvalue weighted by Crippen LogP contribution is -2.13. The Morgan fingerprint density at radius 2 is 1.04 bits per heavy atom. The number of unbranched alkanes of at least 4 members (excludes halogenated alkanes) is 1. The monoisotopic (exact) mass is 350 g/mol. The summed E-state index contributed by atoms with van der Waals surface area (Å²) >= 11 is 0. The van der Waals surface area contributed by atoms with Crippen LogP contribution < -0.4 is 0 Å². The van der Waals surface area contributed by atoms with Crippen molar-refractivity contribution in [3.8, 4) is 0 Å². The smallest absolute Gasteiger partial charge is 0.0701 e. The largest absolute Gasteiger partial charge is 0.394 e. The molecule has 0 saturated carbocycles. The van der Waals surface area contributed by atoms with E-state index in [2.05, 4.69) is 13.8 Å². The molecule has 0 fully saturated rings. The lowest BCUT2D eigenvalue weighted by Gasteiger charge is -2.09. The molecule has 6 heteroatoms. The summed E-state index contributed by atoms with van der Waals surface area (Å²) in [5.74, 6) is 0.832. The Morgan fingerprint density at radius 1 is 0.625 bits per heavy atom. The molecule has 1 atom stereocenters. The maximum Gasteiger partial charge on any atom is 0.0701 e. The predicted octanol–water partition coefficient (Wildman–Crippen LogP) is 2.28. The average molecular weight is 350 g/mol. The molecule has 0 aromatic carbocycles. The third kappa shape index (κ3) is 19.8. The number of aliphatic hydroxyl groups excluding tert-OH is 1. The molecular weight excluding hydrogens is 312 g/mol. The van der Waals surface area contributed by atoms with Crippen molar-refractivity contribution >= 4 is 0 Å². The zero-order chi connectivity index (χ0) is 17.7. The van der Waals surface area contributed by atoms with E-state index in [9.17, 15) is 0 Å². The van der Waals surface area contributed by atoms with E-state index in [1.807, 2.05) is 0 Å². The van der Waals surface area contributed by atoms with E-state index in [1.54, 1.807) is 0 Å². The van der Waals surface area contributed by atoms with Crippen LogP contribution in [-0.4, -0.2) is 77.8 Å². The first-order valence-electron chi connectivity index (χ1n) is 9.30. The van der Waals surface area contributed by atoms with Gasteiger partial charge in [-0.1, -0.05) is 33.1 Å². The molecule has 0 saturated heterocycles. The van der Waals surface area contributed by atoms with Crippen LogP contribution in [0.1, 0.15) is 39.5 Å². The van der Waals surface area contributed by atoms with Gasteiger partial charge < -0.3 is 28.8 Å². The zero-order valence-corrected chi connectivity index (χ0v) is 15.7. The molecule has 0 spiro atoms. The van der Waals surface area contributed by atoms with Gasteiger partial charge in [0, 0.05) is 6.61 Å². The van der Waals surface area contributed by atoms with Crippen molar-refractivity contribution in [3.63, 3.8) is 0 Å². The normalized spacial score (nSPS) is 12.6. The number of ether oxygens (including phenoxy) is 5. The minimum atomic E-state index is 0.0480. The molecule has 0 radical (unpaired) electrons. The highest BCUT2D eigenvalue weighted by Gasteiger charge is 1.98. The van der Waals surface area contributed by atoms with Gasteiger partial charge in [0.15, 0.2) is 0 Å². The highest BCUT2D eigenvalue weighted by molar-refractivity contribution is 4.50. The number of rotatable bonds is 20. The first kappa shape index (κ1) is 23.8. The maximum atomic E-state index is 8.51. The van der Waals surface area contributed by atoms with Crippen molar-refractivity contribution in [2.75, 3.05) is 72.7 Å². The van der Waals surface area contributed by atoms with Crippen molar-refractivity contribution in [2.45, 2.75) is 39.5 Å². The van der Waals surface area contributed by atoms with Gasteiger partial charge in [0.2, 0.25) is 0 Å². The molecular formula is C18H38O6. The first-order chi connectivity index (χ1) is 11.8. The molecule has 1 unspecified atom stereocenters. The van der Waals surface area contributed by atoms with Gasteiger partial charge in [0.1, 0.15) is 0 Å². The van der Waals surface area contributed by atoms with Crippen LogP contribution in [0, 0.1) is 5.92 Å². The van der Waals surface area contributed by atoms with Crippen LogP contribution in [0.5, 0.6) is 0 Å². The van der Waals surface area contributed by atoms with Crippen molar-refractivity contribution in [3.05, 3.63) is 0 Å². The lowest BCUT2D eigenvalue weighted by molar-refractivity contribution is -0.0134. The van der Waals surface area contributed by atoms with Crippen LogP contribution in [0.15, 0.2) is 0 Å². The first-order valence-corrected chi connectivity index (χ1v) is 9.30. The number of hydrogen-bond donors (Lipinski definition) is 1. The Balaban J connectivity index is 2.98. The van der Waals surface area contributed by atoms with Crippen molar-refractivity contribution in [1.29, 1.82) is 0 Å². The minimum absolute atomic E-state index is 0.0480. The molecule has 0 bridgehead atoms. The molecule has 0 aliphatic heterocycles. The van der Waals surface area contributed by atoms with Crippen LogP contribution in [0.3, 0.4) is 0 Å². The number of aliphatic hydroxyl groups is 1. The highest BCUT2D eigenvalue weighted by Crippen LogP contribution is 2.10. The zero-order valence-electron chi connectivity index (χ0n) is 15.7. The van der Waals surface area contributed by atoms with Gasteiger partial charge in [-0.2, -0.15) is 0 Å². The van der Waals surface area contributed by atoms with E-state index in [-0.39, 0.29) is 6.61 Å². The van der Waals surface area contributed by atoms with E-state index < -0.39 is 0 Å². The molecule has 6 nitrogen and oxygen atoms in total. The van der Waals surface area contributed by atoms with Crippen LogP contribution in [0.25, 0.3) is 0 Å². The van der Waals surface area contributed by atoms with Crippen LogP contribution in [0.2, 0.25) is 0 Å². The van der Waals surface area contributed by atoms with Gasteiger partial charge in [-0.05, 0) is 12.3 Å². The predicted molar refractivity (Wildman–Crippen MR) is 94.5 cm³/mol. The standard InChI is InChI=1S/C18H38O6/c1-3-18(2)6-4-5-8-20-10-12-22-14-16-24-17-15-23-13-11-21-9-7-19/h18-19H,3-17H2,1-2H3. The van der Waals surface area contributed by atoms with Crippen LogP contribution >= 0.6 is 0 Å². The summed E-state index contributed by atoms with van der Waals surface area (Å²) in [5.41, 5.74) is 0. The van der Waals surface area contributed by atoms with Gasteiger partial charge in [0.25, 0.3) is 0 Å². The van der Waals surface area contributed by atoms with E-state index in [0.717, 1.165) is 18.9 Å². The second kappa shape index (κ2) is 20.8. The maximum absolute atomic E-state index is 8.51. The third-order valence-corrected chi connectivity index (χ3v) is 3.66. The van der Waals surface area contributed by atoms with Crippen LogP contribution in [-0.2, 0) is 23.7 Å². The quantitative estimate of drug-likeness (QED) is 0.340. The van der Waals surface area contributed by atoms with E-state index in [4.69, 9.17) is 28.8 Å². The molecule has 0 aromatic rings. The molecule has 0 amide bonds. The Kier molecular flexibility index (Phi) is 20.6. The molecule has 0 aromatic heterocycles. The van der Waals surface area contributed by atoms with E-state index >= 15 is 0 Å². The fraction of sp³-hybridized carbons (Fsp3) is 1.00. The molecule has 0 aliphatic carbocycles.